The van der Waals surface area contributed by atoms with Crippen LogP contribution in [-0.4, -0.2) is 30.6 Å². The van der Waals surface area contributed by atoms with Crippen LogP contribution in [0.25, 0.3) is 0 Å². The summed E-state index contributed by atoms with van der Waals surface area (Å²) < 4.78 is 0. The topological polar surface area (TPSA) is 210 Å². The summed E-state index contributed by atoms with van der Waals surface area (Å²) in [5.74, 6) is -0.618. The molecule has 0 aliphatic heterocycles. The third-order valence-corrected chi connectivity index (χ3v) is 6.78. The number of hydrogen-bond donors (Lipinski definition) is 6. The van der Waals surface area contributed by atoms with Crippen molar-refractivity contribution in [2.75, 3.05) is 0 Å². The van der Waals surface area contributed by atoms with Crippen molar-refractivity contribution in [1.82, 2.24) is 0 Å². The zero-order chi connectivity index (χ0) is 28.0. The Balaban J connectivity index is 2.53. The van der Waals surface area contributed by atoms with Gasteiger partial charge in [0.2, 0.25) is 0 Å². The molecule has 0 aliphatic rings. The average Bonchev–Trinajstić information content (AvgIpc) is 2.93. The summed E-state index contributed by atoms with van der Waals surface area (Å²) in [5, 5.41) is 69.1. The van der Waals surface area contributed by atoms with E-state index >= 15 is 0 Å². The van der Waals surface area contributed by atoms with Crippen molar-refractivity contribution in [2.45, 2.75) is 51.9 Å². The molecule has 3 rings (SSSR count). The van der Waals surface area contributed by atoms with Crippen molar-refractivity contribution < 1.29 is 30.6 Å². The molecule has 6 N–H and O–H groups in total. The maximum atomic E-state index is 11.6. The van der Waals surface area contributed by atoms with E-state index in [-0.39, 0.29) is 50.6 Å². The summed E-state index contributed by atoms with van der Waals surface area (Å²) in [5.41, 5.74) is 0.342. The minimum absolute atomic E-state index is 0.0945. The quantitative estimate of drug-likeness (QED) is 0.151. The van der Waals surface area contributed by atoms with Crippen molar-refractivity contribution in [1.29, 1.82) is 0 Å². The molecular formula is C26H27N3O9. The zero-order valence-corrected chi connectivity index (χ0v) is 20.5. The van der Waals surface area contributed by atoms with Gasteiger partial charge >= 0.3 is 0 Å². The smallest absolute Gasteiger partial charge is 0.126 e. The fourth-order valence-corrected chi connectivity index (χ4v) is 4.63. The molecule has 0 radical (unpaired) electrons. The molecule has 38 heavy (non-hydrogen) atoms. The van der Waals surface area contributed by atoms with E-state index in [2.05, 4.69) is 15.5 Å². The van der Waals surface area contributed by atoms with Gasteiger partial charge in [0.25, 0.3) is 0 Å². The second-order valence-corrected chi connectivity index (χ2v) is 8.85. The van der Waals surface area contributed by atoms with Crippen LogP contribution in [0.15, 0.2) is 51.9 Å². The number of rotatable bonds is 12. The summed E-state index contributed by atoms with van der Waals surface area (Å²) in [6.45, 7) is -1.48. The van der Waals surface area contributed by atoms with Crippen molar-refractivity contribution in [2.24, 2.45) is 15.5 Å². The molecule has 3 aromatic carbocycles. The minimum atomic E-state index is -1.31. The van der Waals surface area contributed by atoms with E-state index in [0.29, 0.717) is 16.7 Å². The number of hydrogen-bond acceptors (Lipinski definition) is 12. The van der Waals surface area contributed by atoms with Crippen LogP contribution in [-0.2, 0) is 44.9 Å². The highest BCUT2D eigenvalue weighted by molar-refractivity contribution is 5.62. The number of nitrogens with zero attached hydrogens (tertiary/aromatic N) is 3. The van der Waals surface area contributed by atoms with Gasteiger partial charge in [-0.25, -0.2) is 0 Å². The second-order valence-electron chi connectivity index (χ2n) is 8.85. The molecular weight excluding hydrogens is 498 g/mol. The lowest BCUT2D eigenvalue weighted by Crippen LogP contribution is -2.27. The Morgan fingerprint density at radius 2 is 0.868 bits per heavy atom. The van der Waals surface area contributed by atoms with E-state index < -0.39 is 44.9 Å². The molecule has 12 heteroatoms. The molecule has 3 aromatic rings. The number of aromatic hydroxyl groups is 2. The normalized spacial score (nSPS) is 11.4. The third kappa shape index (κ3) is 5.02. The summed E-state index contributed by atoms with van der Waals surface area (Å²) >= 11 is 0. The molecule has 0 unspecified atom stereocenters. The first-order chi connectivity index (χ1) is 18.2. The largest absolute Gasteiger partial charge is 0.507 e. The first-order valence-corrected chi connectivity index (χ1v) is 11.5. The summed E-state index contributed by atoms with van der Waals surface area (Å²) in [4.78, 5) is 34.0. The van der Waals surface area contributed by atoms with E-state index in [9.17, 15) is 45.4 Å². The van der Waals surface area contributed by atoms with E-state index in [1.165, 1.54) is 36.4 Å². The second kappa shape index (κ2) is 12.0. The highest BCUT2D eigenvalue weighted by Crippen LogP contribution is 2.45. The molecule has 0 atom stereocenters. The fourth-order valence-electron chi connectivity index (χ4n) is 4.63. The van der Waals surface area contributed by atoms with Crippen LogP contribution in [0.1, 0.15) is 57.0 Å². The number of nitroso groups, excluding NO2 is 3. The first-order valence-electron chi connectivity index (χ1n) is 11.5. The molecule has 0 fully saturated rings. The van der Waals surface area contributed by atoms with Crippen molar-refractivity contribution >= 4 is 5.69 Å². The average molecular weight is 526 g/mol. The lowest BCUT2D eigenvalue weighted by Gasteiger charge is -2.34. The van der Waals surface area contributed by atoms with Crippen LogP contribution >= 0.6 is 0 Å². The van der Waals surface area contributed by atoms with E-state index in [4.69, 9.17) is 0 Å². The Morgan fingerprint density at radius 1 is 0.579 bits per heavy atom. The van der Waals surface area contributed by atoms with Crippen LogP contribution < -0.4 is 0 Å². The van der Waals surface area contributed by atoms with Gasteiger partial charge in [-0.15, -0.1) is 4.91 Å². The highest BCUT2D eigenvalue weighted by atomic mass is 16.3. The van der Waals surface area contributed by atoms with Crippen LogP contribution in [0, 0.1) is 14.7 Å². The Kier molecular flexibility index (Phi) is 8.96. The standard InChI is InChI=1S/C26H27N3O9/c1-26(21-4-16(10-30)24(34)17(5-21)11-31,22-6-18(12-32)25(35)19(7-22)13-33)20-2-14(8-27-36)23(29-38)15(3-20)9-28-37/h2-7,30-35H,8-13H2,1H3. The zero-order valence-electron chi connectivity index (χ0n) is 20.5. The molecule has 0 saturated carbocycles. The Bertz CT molecular complexity index is 1230. The summed E-state index contributed by atoms with van der Waals surface area (Å²) in [7, 11) is 0. The van der Waals surface area contributed by atoms with Crippen LogP contribution in [0.2, 0.25) is 0 Å². The lowest BCUT2D eigenvalue weighted by atomic mass is 9.69. The molecule has 0 heterocycles. The van der Waals surface area contributed by atoms with Gasteiger partial charge in [0, 0.05) is 38.8 Å². The maximum Gasteiger partial charge on any atom is 0.126 e. The summed E-state index contributed by atoms with van der Waals surface area (Å²) in [6.07, 6.45) is 0. The van der Waals surface area contributed by atoms with Gasteiger partial charge < -0.3 is 30.6 Å². The van der Waals surface area contributed by atoms with Gasteiger partial charge in [-0.2, -0.15) is 9.81 Å². The van der Waals surface area contributed by atoms with Gasteiger partial charge in [-0.05, 0) is 53.1 Å². The van der Waals surface area contributed by atoms with E-state index in [1.807, 2.05) is 0 Å². The SMILES string of the molecule is CC(c1cc(CO)c(O)c(CO)c1)(c1cc(CO)c(O)c(CO)c1)c1cc(CN=O)c(N=O)c(CN=O)c1. The van der Waals surface area contributed by atoms with E-state index in [0.717, 1.165) is 0 Å². The van der Waals surface area contributed by atoms with Crippen LogP contribution in [0.3, 0.4) is 0 Å². The maximum absolute atomic E-state index is 11.6. The van der Waals surface area contributed by atoms with Crippen molar-refractivity contribution in [3.05, 3.63) is 101 Å². The molecule has 0 saturated heterocycles. The van der Waals surface area contributed by atoms with Crippen LogP contribution in [0.5, 0.6) is 11.5 Å². The predicted octanol–water partition coefficient (Wildman–Crippen LogP) is 3.35. The lowest BCUT2D eigenvalue weighted by molar-refractivity contribution is 0.263. The van der Waals surface area contributed by atoms with E-state index in [1.54, 1.807) is 6.92 Å². The predicted molar refractivity (Wildman–Crippen MR) is 136 cm³/mol. The van der Waals surface area contributed by atoms with Gasteiger partial charge in [-0.1, -0.05) is 22.5 Å². The molecule has 0 aliphatic carbocycles. The molecule has 0 bridgehead atoms. The van der Waals surface area contributed by atoms with Gasteiger partial charge in [0.1, 0.15) is 30.3 Å². The van der Waals surface area contributed by atoms with Crippen molar-refractivity contribution in [3.63, 3.8) is 0 Å². The van der Waals surface area contributed by atoms with Gasteiger partial charge in [-0.3, -0.25) is 0 Å². The Hall–Kier alpha value is -4.10. The molecule has 0 aromatic heterocycles. The number of phenols is 2. The molecule has 12 nitrogen and oxygen atoms in total. The molecule has 0 amide bonds. The Labute approximate surface area is 216 Å². The Morgan fingerprint density at radius 3 is 1.11 bits per heavy atom. The minimum Gasteiger partial charge on any atom is -0.507 e. The third-order valence-electron chi connectivity index (χ3n) is 6.78. The number of aliphatic hydroxyl groups excluding tert-OH is 4. The van der Waals surface area contributed by atoms with Gasteiger partial charge in [0.05, 0.1) is 26.4 Å². The monoisotopic (exact) mass is 525 g/mol. The number of benzene rings is 3. The molecule has 200 valence electrons. The van der Waals surface area contributed by atoms with Gasteiger partial charge in [0.15, 0.2) is 0 Å². The number of aliphatic hydroxyl groups is 4. The fraction of sp³-hybridized carbons (Fsp3) is 0.308. The molecule has 0 spiro atoms. The highest BCUT2D eigenvalue weighted by Gasteiger charge is 2.35. The van der Waals surface area contributed by atoms with Crippen molar-refractivity contribution in [3.8, 4) is 11.5 Å². The van der Waals surface area contributed by atoms with Crippen LogP contribution in [0.4, 0.5) is 5.69 Å². The summed E-state index contributed by atoms with van der Waals surface area (Å²) in [6, 6.07) is 8.92. The first kappa shape index (κ1) is 28.5.